The highest BCUT2D eigenvalue weighted by Gasteiger charge is 2.32. The second kappa shape index (κ2) is 13.0. The first-order valence-electron chi connectivity index (χ1n) is 11.1. The third-order valence-corrected chi connectivity index (χ3v) is 7.28. The SMILES string of the molecule is CCCNC(=O)[C@H](C)N(Cc1c(Cl)cccc1Cl)C(=O)CN(c1ccc(OC)cc1OC)S(C)(=O)=O. The van der Waals surface area contributed by atoms with E-state index in [1.807, 2.05) is 6.92 Å². The molecule has 0 heterocycles. The molecule has 198 valence electrons. The maximum atomic E-state index is 13.6. The molecule has 0 aliphatic carbocycles. The van der Waals surface area contributed by atoms with Crippen LogP contribution in [-0.4, -0.2) is 64.7 Å². The monoisotopic (exact) mass is 559 g/mol. The van der Waals surface area contributed by atoms with Gasteiger partial charge in [-0.1, -0.05) is 36.2 Å². The highest BCUT2D eigenvalue weighted by Crippen LogP contribution is 2.34. The van der Waals surface area contributed by atoms with Gasteiger partial charge < -0.3 is 19.7 Å². The summed E-state index contributed by atoms with van der Waals surface area (Å²) in [6.45, 7) is 3.21. The van der Waals surface area contributed by atoms with Crippen LogP contribution in [0, 0.1) is 0 Å². The number of carbonyl (C=O) groups excluding carboxylic acids is 2. The smallest absolute Gasteiger partial charge is 0.244 e. The summed E-state index contributed by atoms with van der Waals surface area (Å²) in [5, 5.41) is 3.40. The van der Waals surface area contributed by atoms with Crippen LogP contribution in [0.25, 0.3) is 0 Å². The number of carbonyl (C=O) groups is 2. The lowest BCUT2D eigenvalue weighted by molar-refractivity contribution is -0.139. The molecule has 0 bridgehead atoms. The fourth-order valence-corrected chi connectivity index (χ4v) is 4.79. The number of nitrogens with one attached hydrogen (secondary N) is 1. The van der Waals surface area contributed by atoms with Crippen LogP contribution in [0.5, 0.6) is 11.5 Å². The third kappa shape index (κ3) is 7.41. The molecule has 0 aromatic heterocycles. The average molecular weight is 561 g/mol. The van der Waals surface area contributed by atoms with Crippen LogP contribution in [0.2, 0.25) is 10.0 Å². The largest absolute Gasteiger partial charge is 0.497 e. The minimum absolute atomic E-state index is 0.102. The normalized spacial score (nSPS) is 12.0. The van der Waals surface area contributed by atoms with Crippen molar-refractivity contribution in [3.63, 3.8) is 0 Å². The molecule has 1 N–H and O–H groups in total. The van der Waals surface area contributed by atoms with Gasteiger partial charge in [0.05, 0.1) is 26.2 Å². The van der Waals surface area contributed by atoms with Crippen molar-refractivity contribution in [1.29, 1.82) is 0 Å². The molecule has 0 saturated heterocycles. The topological polar surface area (TPSA) is 105 Å². The van der Waals surface area contributed by atoms with Gasteiger partial charge in [-0.2, -0.15) is 0 Å². The van der Waals surface area contributed by atoms with Crippen LogP contribution in [-0.2, 0) is 26.2 Å². The third-order valence-electron chi connectivity index (χ3n) is 5.44. The highest BCUT2D eigenvalue weighted by molar-refractivity contribution is 7.92. The number of rotatable bonds is 12. The zero-order valence-electron chi connectivity index (χ0n) is 20.9. The average Bonchev–Trinajstić information content (AvgIpc) is 2.84. The summed E-state index contributed by atoms with van der Waals surface area (Å²) in [7, 11) is -1.09. The molecule has 0 fully saturated rings. The van der Waals surface area contributed by atoms with Crippen LogP contribution in [0.3, 0.4) is 0 Å². The molecule has 0 aliphatic heterocycles. The minimum Gasteiger partial charge on any atom is -0.497 e. The summed E-state index contributed by atoms with van der Waals surface area (Å²) in [5.74, 6) is -0.372. The lowest BCUT2D eigenvalue weighted by atomic mass is 10.1. The number of ether oxygens (including phenoxy) is 2. The van der Waals surface area contributed by atoms with E-state index in [4.69, 9.17) is 32.7 Å². The Labute approximate surface area is 222 Å². The summed E-state index contributed by atoms with van der Waals surface area (Å²) in [5.41, 5.74) is 0.588. The van der Waals surface area contributed by atoms with Gasteiger partial charge in [-0.05, 0) is 37.6 Å². The van der Waals surface area contributed by atoms with E-state index in [1.165, 1.54) is 31.3 Å². The molecule has 2 aromatic rings. The van der Waals surface area contributed by atoms with Crippen molar-refractivity contribution in [2.24, 2.45) is 0 Å². The predicted octanol–water partition coefficient (Wildman–Crippen LogP) is 3.72. The van der Waals surface area contributed by atoms with E-state index in [0.29, 0.717) is 34.3 Å². The van der Waals surface area contributed by atoms with Gasteiger partial charge in [0.15, 0.2) is 0 Å². The number of anilines is 1. The van der Waals surface area contributed by atoms with E-state index in [1.54, 1.807) is 31.2 Å². The Balaban J connectivity index is 2.50. The lowest BCUT2D eigenvalue weighted by Gasteiger charge is -2.32. The van der Waals surface area contributed by atoms with Crippen LogP contribution in [0.15, 0.2) is 36.4 Å². The molecule has 2 rings (SSSR count). The van der Waals surface area contributed by atoms with E-state index in [2.05, 4.69) is 5.32 Å². The van der Waals surface area contributed by atoms with Gasteiger partial charge in [-0.3, -0.25) is 13.9 Å². The molecule has 9 nitrogen and oxygen atoms in total. The maximum absolute atomic E-state index is 13.6. The molecule has 0 saturated carbocycles. The van der Waals surface area contributed by atoms with Gasteiger partial charge in [0.1, 0.15) is 24.1 Å². The molecule has 0 unspecified atom stereocenters. The number of methoxy groups -OCH3 is 2. The van der Waals surface area contributed by atoms with Crippen LogP contribution in [0.4, 0.5) is 5.69 Å². The van der Waals surface area contributed by atoms with Crippen LogP contribution in [0.1, 0.15) is 25.8 Å². The predicted molar refractivity (Wildman–Crippen MR) is 142 cm³/mol. The van der Waals surface area contributed by atoms with Gasteiger partial charge in [-0.25, -0.2) is 8.42 Å². The van der Waals surface area contributed by atoms with Crippen molar-refractivity contribution in [1.82, 2.24) is 10.2 Å². The number of hydrogen-bond donors (Lipinski definition) is 1. The van der Waals surface area contributed by atoms with Crippen molar-refractivity contribution >= 4 is 50.7 Å². The number of halogens is 2. The van der Waals surface area contributed by atoms with Crippen molar-refractivity contribution in [3.8, 4) is 11.5 Å². The molecular formula is C24H31Cl2N3O6S. The Bertz CT molecular complexity index is 1170. The number of hydrogen-bond acceptors (Lipinski definition) is 6. The van der Waals surface area contributed by atoms with Gasteiger partial charge in [-0.15, -0.1) is 0 Å². The molecule has 2 aromatic carbocycles. The van der Waals surface area contributed by atoms with Gasteiger partial charge in [0.2, 0.25) is 21.8 Å². The summed E-state index contributed by atoms with van der Waals surface area (Å²) >= 11 is 12.7. The van der Waals surface area contributed by atoms with Crippen molar-refractivity contribution in [3.05, 3.63) is 52.0 Å². The first kappa shape index (κ1) is 29.5. The first-order valence-corrected chi connectivity index (χ1v) is 13.7. The summed E-state index contributed by atoms with van der Waals surface area (Å²) in [6.07, 6.45) is 1.69. The number of benzene rings is 2. The van der Waals surface area contributed by atoms with E-state index >= 15 is 0 Å². The lowest BCUT2D eigenvalue weighted by Crippen LogP contribution is -2.51. The molecule has 0 spiro atoms. The molecule has 1 atom stereocenters. The summed E-state index contributed by atoms with van der Waals surface area (Å²) < 4.78 is 37.0. The minimum atomic E-state index is -3.94. The second-order valence-corrected chi connectivity index (χ2v) is 10.7. The molecule has 36 heavy (non-hydrogen) atoms. The molecule has 0 radical (unpaired) electrons. The van der Waals surface area contributed by atoms with Gasteiger partial charge in [0.25, 0.3) is 0 Å². The zero-order valence-corrected chi connectivity index (χ0v) is 23.2. The van der Waals surface area contributed by atoms with E-state index < -0.39 is 28.5 Å². The zero-order chi connectivity index (χ0) is 27.0. The van der Waals surface area contributed by atoms with Crippen molar-refractivity contribution in [2.45, 2.75) is 32.9 Å². The van der Waals surface area contributed by atoms with Crippen molar-refractivity contribution in [2.75, 3.05) is 37.9 Å². The maximum Gasteiger partial charge on any atom is 0.244 e. The number of amides is 2. The van der Waals surface area contributed by atoms with Gasteiger partial charge >= 0.3 is 0 Å². The fourth-order valence-electron chi connectivity index (χ4n) is 3.42. The van der Waals surface area contributed by atoms with Crippen LogP contribution < -0.4 is 19.1 Å². The first-order chi connectivity index (χ1) is 16.9. The Hall–Kier alpha value is -2.69. The molecule has 2 amide bonds. The van der Waals surface area contributed by atoms with Crippen molar-refractivity contribution < 1.29 is 27.5 Å². The Morgan fingerprint density at radius 1 is 1.08 bits per heavy atom. The van der Waals surface area contributed by atoms with E-state index in [9.17, 15) is 18.0 Å². The molecular weight excluding hydrogens is 529 g/mol. The molecule has 12 heteroatoms. The Kier molecular flexibility index (Phi) is 10.7. The quantitative estimate of drug-likeness (QED) is 0.425. The number of sulfonamides is 1. The Morgan fingerprint density at radius 2 is 1.72 bits per heavy atom. The summed E-state index contributed by atoms with van der Waals surface area (Å²) in [6, 6.07) is 8.53. The standard InChI is InChI=1S/C24H31Cl2N3O6S/c1-6-12-27-24(31)16(2)28(14-18-19(25)8-7-9-20(18)26)23(30)15-29(36(5,32)33)21-11-10-17(34-3)13-22(21)35-4/h7-11,13,16H,6,12,14-15H2,1-5H3,(H,27,31)/t16-/m0/s1. The van der Waals surface area contributed by atoms with Gasteiger partial charge in [0, 0.05) is 34.8 Å². The number of nitrogens with zero attached hydrogens (tertiary/aromatic N) is 2. The van der Waals surface area contributed by atoms with Crippen LogP contribution >= 0.6 is 23.2 Å². The van der Waals surface area contributed by atoms with E-state index in [0.717, 1.165) is 10.6 Å². The summed E-state index contributed by atoms with van der Waals surface area (Å²) in [4.78, 5) is 27.7. The Morgan fingerprint density at radius 3 is 2.25 bits per heavy atom. The van der Waals surface area contributed by atoms with E-state index in [-0.39, 0.29) is 23.9 Å². The second-order valence-electron chi connectivity index (χ2n) is 8.00. The molecule has 0 aliphatic rings. The fraction of sp³-hybridized carbons (Fsp3) is 0.417. The highest BCUT2D eigenvalue weighted by atomic mass is 35.5.